The Balaban J connectivity index is 1.93. The highest BCUT2D eigenvalue weighted by molar-refractivity contribution is 7.09. The molecule has 0 spiro atoms. The number of thiophene rings is 1. The smallest absolute Gasteiger partial charge is 0.123 e. The summed E-state index contributed by atoms with van der Waals surface area (Å²) in [4.78, 5) is 1.24. The van der Waals surface area contributed by atoms with Crippen LogP contribution in [0.25, 0.3) is 0 Å². The normalized spacial score (nSPS) is 10.6. The first-order valence-electron chi connectivity index (χ1n) is 5.79. The summed E-state index contributed by atoms with van der Waals surface area (Å²) in [7, 11) is 1.66. The minimum absolute atomic E-state index is 0.486. The second kappa shape index (κ2) is 6.54. The number of rotatable bonds is 6. The van der Waals surface area contributed by atoms with Crippen molar-refractivity contribution in [3.8, 4) is 5.75 Å². The Morgan fingerprint density at radius 1 is 1.22 bits per heavy atom. The van der Waals surface area contributed by atoms with Crippen LogP contribution in [-0.2, 0) is 24.5 Å². The Kier molecular flexibility index (Phi) is 4.75. The maximum Gasteiger partial charge on any atom is 0.123 e. The number of hydrogen-bond acceptors (Lipinski definition) is 4. The molecule has 0 amide bonds. The van der Waals surface area contributed by atoms with E-state index in [2.05, 4.69) is 11.4 Å². The lowest BCUT2D eigenvalue weighted by atomic mass is 10.1. The van der Waals surface area contributed by atoms with Gasteiger partial charge in [-0.05, 0) is 23.1 Å². The van der Waals surface area contributed by atoms with Crippen LogP contribution in [0.5, 0.6) is 5.75 Å². The van der Waals surface area contributed by atoms with Gasteiger partial charge in [0.25, 0.3) is 0 Å². The minimum Gasteiger partial charge on any atom is -0.496 e. The van der Waals surface area contributed by atoms with Crippen LogP contribution in [0, 0.1) is 0 Å². The minimum atomic E-state index is 0.486. The van der Waals surface area contributed by atoms with Crippen molar-refractivity contribution < 1.29 is 9.47 Å². The molecule has 2 aromatic rings. The van der Waals surface area contributed by atoms with Crippen molar-refractivity contribution in [1.82, 2.24) is 0 Å². The van der Waals surface area contributed by atoms with Crippen LogP contribution in [0.4, 0.5) is 0 Å². The van der Waals surface area contributed by atoms with E-state index in [1.54, 1.807) is 18.4 Å². The molecule has 0 fully saturated rings. The van der Waals surface area contributed by atoms with Gasteiger partial charge in [-0.15, -0.1) is 11.3 Å². The predicted octanol–water partition coefficient (Wildman–Crippen LogP) is 2.93. The maximum absolute atomic E-state index is 5.66. The summed E-state index contributed by atoms with van der Waals surface area (Å²) in [5.41, 5.74) is 7.74. The average Bonchev–Trinajstić information content (AvgIpc) is 2.91. The van der Waals surface area contributed by atoms with E-state index in [9.17, 15) is 0 Å². The van der Waals surface area contributed by atoms with Crippen molar-refractivity contribution in [3.63, 3.8) is 0 Å². The van der Waals surface area contributed by atoms with Crippen LogP contribution < -0.4 is 10.5 Å². The van der Waals surface area contributed by atoms with Gasteiger partial charge in [0.05, 0.1) is 20.3 Å². The fourth-order valence-electron chi connectivity index (χ4n) is 1.71. The first-order valence-corrected chi connectivity index (χ1v) is 6.67. The summed E-state index contributed by atoms with van der Waals surface area (Å²) in [6, 6.07) is 10.1. The molecule has 0 aliphatic carbocycles. The second-order valence-corrected chi connectivity index (χ2v) is 4.95. The molecular weight excluding hydrogens is 246 g/mol. The van der Waals surface area contributed by atoms with Crippen molar-refractivity contribution in [2.45, 2.75) is 19.8 Å². The van der Waals surface area contributed by atoms with Crippen molar-refractivity contribution >= 4 is 11.3 Å². The first-order chi connectivity index (χ1) is 8.83. The average molecular weight is 263 g/mol. The van der Waals surface area contributed by atoms with E-state index in [-0.39, 0.29) is 0 Å². The summed E-state index contributed by atoms with van der Waals surface area (Å²) in [5.74, 6) is 0.828. The zero-order chi connectivity index (χ0) is 12.8. The summed E-state index contributed by atoms with van der Waals surface area (Å²) < 4.78 is 11.0. The van der Waals surface area contributed by atoms with Crippen molar-refractivity contribution in [2.75, 3.05) is 7.11 Å². The van der Waals surface area contributed by atoms with E-state index in [1.807, 2.05) is 24.3 Å². The molecule has 0 radical (unpaired) electrons. The molecule has 1 aromatic heterocycles. The van der Waals surface area contributed by atoms with Gasteiger partial charge in [0.15, 0.2) is 0 Å². The van der Waals surface area contributed by atoms with Crippen LogP contribution in [0.1, 0.15) is 16.0 Å². The third kappa shape index (κ3) is 3.32. The van der Waals surface area contributed by atoms with Gasteiger partial charge in [-0.25, -0.2) is 0 Å². The lowest BCUT2D eigenvalue weighted by Crippen LogP contribution is -2.01. The molecule has 4 heteroatoms. The predicted molar refractivity (Wildman–Crippen MR) is 73.7 cm³/mol. The third-order valence-corrected chi connectivity index (χ3v) is 3.51. The number of benzene rings is 1. The Bertz CT molecular complexity index is 483. The van der Waals surface area contributed by atoms with E-state index < -0.39 is 0 Å². The Morgan fingerprint density at radius 2 is 2.11 bits per heavy atom. The van der Waals surface area contributed by atoms with Crippen LogP contribution in [0.2, 0.25) is 0 Å². The van der Waals surface area contributed by atoms with Crippen molar-refractivity contribution in [2.24, 2.45) is 5.73 Å². The summed E-state index contributed by atoms with van der Waals surface area (Å²) in [6.45, 7) is 1.72. The lowest BCUT2D eigenvalue weighted by Gasteiger charge is -2.09. The topological polar surface area (TPSA) is 44.5 Å². The first kappa shape index (κ1) is 13.1. The monoisotopic (exact) mass is 263 g/mol. The molecule has 2 rings (SSSR count). The SMILES string of the molecule is COc1cc(COCc2cccs2)ccc1CN. The molecule has 2 N–H and O–H groups in total. The quantitative estimate of drug-likeness (QED) is 0.871. The molecule has 0 saturated heterocycles. The van der Waals surface area contributed by atoms with E-state index in [0.717, 1.165) is 16.9 Å². The highest BCUT2D eigenvalue weighted by Gasteiger charge is 2.03. The largest absolute Gasteiger partial charge is 0.496 e. The van der Waals surface area contributed by atoms with E-state index in [1.165, 1.54) is 4.88 Å². The van der Waals surface area contributed by atoms with E-state index in [4.69, 9.17) is 15.2 Å². The molecule has 1 heterocycles. The Morgan fingerprint density at radius 3 is 2.78 bits per heavy atom. The number of methoxy groups -OCH3 is 1. The molecule has 0 aliphatic heterocycles. The van der Waals surface area contributed by atoms with Crippen molar-refractivity contribution in [1.29, 1.82) is 0 Å². The fourth-order valence-corrected chi connectivity index (χ4v) is 2.35. The zero-order valence-corrected chi connectivity index (χ0v) is 11.2. The summed E-state index contributed by atoms with van der Waals surface area (Å²) in [6.07, 6.45) is 0. The molecule has 96 valence electrons. The molecule has 3 nitrogen and oxygen atoms in total. The van der Waals surface area contributed by atoms with Crippen LogP contribution in [-0.4, -0.2) is 7.11 Å². The standard InChI is InChI=1S/C14H17NO2S/c1-16-14-7-11(4-5-12(14)8-15)9-17-10-13-3-2-6-18-13/h2-7H,8-10,15H2,1H3. The van der Waals surface area contributed by atoms with Gasteiger partial charge in [-0.1, -0.05) is 18.2 Å². The Hall–Kier alpha value is -1.36. The molecule has 18 heavy (non-hydrogen) atoms. The zero-order valence-electron chi connectivity index (χ0n) is 10.4. The number of hydrogen-bond donors (Lipinski definition) is 1. The number of nitrogens with two attached hydrogens (primary N) is 1. The van der Waals surface area contributed by atoms with Crippen LogP contribution in [0.3, 0.4) is 0 Å². The van der Waals surface area contributed by atoms with Gasteiger partial charge in [0.1, 0.15) is 5.75 Å². The third-order valence-electron chi connectivity index (χ3n) is 2.66. The summed E-state index contributed by atoms with van der Waals surface area (Å²) in [5, 5.41) is 2.05. The molecule has 0 bridgehead atoms. The van der Waals surface area contributed by atoms with Gasteiger partial charge in [0.2, 0.25) is 0 Å². The second-order valence-electron chi connectivity index (χ2n) is 3.92. The van der Waals surface area contributed by atoms with E-state index in [0.29, 0.717) is 19.8 Å². The fraction of sp³-hybridized carbons (Fsp3) is 0.286. The lowest BCUT2D eigenvalue weighted by molar-refractivity contribution is 0.109. The highest BCUT2D eigenvalue weighted by Crippen LogP contribution is 2.20. The molecule has 0 atom stereocenters. The molecule has 0 saturated carbocycles. The van der Waals surface area contributed by atoms with Gasteiger partial charge >= 0.3 is 0 Å². The molecule has 0 aliphatic rings. The summed E-state index contributed by atoms with van der Waals surface area (Å²) >= 11 is 1.71. The van der Waals surface area contributed by atoms with Crippen LogP contribution in [0.15, 0.2) is 35.7 Å². The molecule has 1 aromatic carbocycles. The molecular formula is C14H17NO2S. The van der Waals surface area contributed by atoms with Gasteiger partial charge in [-0.2, -0.15) is 0 Å². The van der Waals surface area contributed by atoms with Crippen molar-refractivity contribution in [3.05, 3.63) is 51.7 Å². The number of ether oxygens (including phenoxy) is 2. The Labute approximate surface area is 111 Å². The van der Waals surface area contributed by atoms with Gasteiger partial charge in [0, 0.05) is 17.0 Å². The van der Waals surface area contributed by atoms with Gasteiger partial charge in [-0.3, -0.25) is 0 Å². The van der Waals surface area contributed by atoms with Crippen LogP contribution >= 0.6 is 11.3 Å². The highest BCUT2D eigenvalue weighted by atomic mass is 32.1. The molecule has 0 unspecified atom stereocenters. The van der Waals surface area contributed by atoms with Gasteiger partial charge < -0.3 is 15.2 Å². The maximum atomic E-state index is 5.66. The van der Waals surface area contributed by atoms with E-state index >= 15 is 0 Å².